The van der Waals surface area contributed by atoms with E-state index in [1.165, 1.54) is 0 Å². The van der Waals surface area contributed by atoms with Gasteiger partial charge >= 0.3 is 0 Å². The molecule has 0 aromatic heterocycles. The number of carbonyl (C=O) groups excluding carboxylic acids is 1. The van der Waals surface area contributed by atoms with E-state index in [1.807, 2.05) is 30.3 Å². The third-order valence-electron chi connectivity index (χ3n) is 1.40. The van der Waals surface area contributed by atoms with Gasteiger partial charge in [0.05, 0.1) is 0 Å². The molecule has 0 bridgehead atoms. The van der Waals surface area contributed by atoms with Gasteiger partial charge in [-0.1, -0.05) is 29.8 Å². The van der Waals surface area contributed by atoms with Crippen LogP contribution in [0.4, 0.5) is 0 Å². The van der Waals surface area contributed by atoms with Gasteiger partial charge in [0.15, 0.2) is 0 Å². The van der Waals surface area contributed by atoms with Crippen molar-refractivity contribution in [3.8, 4) is 0 Å². The van der Waals surface area contributed by atoms with Crippen molar-refractivity contribution in [2.45, 2.75) is 12.8 Å². The Balaban J connectivity index is 0.000000262. The molecule has 4 nitrogen and oxygen atoms in total. The predicted octanol–water partition coefficient (Wildman–Crippen LogP) is 2.58. The molecule has 82 valence electrons. The topological polar surface area (TPSA) is 60.2 Å². The second-order valence-corrected chi connectivity index (χ2v) is 3.10. The second-order valence-electron chi connectivity index (χ2n) is 2.66. The first kappa shape index (κ1) is 13.6. The van der Waals surface area contributed by atoms with Gasteiger partial charge in [0.2, 0.25) is 6.54 Å². The molecule has 0 aliphatic carbocycles. The molecule has 0 heterocycles. The van der Waals surface area contributed by atoms with Crippen molar-refractivity contribution in [1.29, 1.82) is 0 Å². The molecule has 1 rings (SSSR count). The summed E-state index contributed by atoms with van der Waals surface area (Å²) in [4.78, 5) is 18.7. The van der Waals surface area contributed by atoms with E-state index >= 15 is 0 Å². The van der Waals surface area contributed by atoms with Gasteiger partial charge in [0.25, 0.3) is 0 Å². The number of nitrogens with zero attached hydrogens (tertiary/aromatic N) is 1. The van der Waals surface area contributed by atoms with Crippen LogP contribution in [0.5, 0.6) is 0 Å². The largest absolute Gasteiger partial charge is 0.303 e. The zero-order valence-electron chi connectivity index (χ0n) is 8.14. The lowest BCUT2D eigenvalue weighted by Crippen LogP contribution is -1.99. The van der Waals surface area contributed by atoms with Gasteiger partial charge in [0, 0.05) is 22.8 Å². The summed E-state index contributed by atoms with van der Waals surface area (Å²) in [6.45, 7) is -0.0985. The minimum Gasteiger partial charge on any atom is -0.303 e. The summed E-state index contributed by atoms with van der Waals surface area (Å²) in [6, 6.07) is 9.44. The van der Waals surface area contributed by atoms with Crippen LogP contribution in [0, 0.1) is 10.1 Å². The van der Waals surface area contributed by atoms with Gasteiger partial charge in [-0.05, 0) is 12.1 Å². The maximum absolute atomic E-state index is 9.56. The highest BCUT2D eigenvalue weighted by atomic mass is 35.5. The quantitative estimate of drug-likeness (QED) is 0.345. The number of benzene rings is 1. The molecule has 15 heavy (non-hydrogen) atoms. The average Bonchev–Trinajstić information content (AvgIpc) is 2.20. The number of hydrogen-bond acceptors (Lipinski definition) is 3. The van der Waals surface area contributed by atoms with Crippen molar-refractivity contribution in [2.24, 2.45) is 0 Å². The average molecular weight is 230 g/mol. The fraction of sp³-hybridized carbons (Fsp3) is 0.300. The standard InChI is InChI=1S/C6H5Cl.C4H7NO3/c7-6-4-2-1-3-5-6;6-4-2-1-3-5(7)8/h1-5H;4H,1-3H2. The van der Waals surface area contributed by atoms with Gasteiger partial charge in [-0.3, -0.25) is 10.1 Å². The molecule has 0 aliphatic rings. The first-order valence-electron chi connectivity index (χ1n) is 4.42. The summed E-state index contributed by atoms with van der Waals surface area (Å²) >= 11 is 5.54. The van der Waals surface area contributed by atoms with E-state index in [0.717, 1.165) is 5.02 Å². The normalized spacial score (nSPS) is 8.60. The first-order chi connectivity index (χ1) is 7.16. The third kappa shape index (κ3) is 10.5. The van der Waals surface area contributed by atoms with E-state index in [4.69, 9.17) is 11.6 Å². The molecule has 0 N–H and O–H groups in total. The molecule has 5 heteroatoms. The third-order valence-corrected chi connectivity index (χ3v) is 1.65. The Morgan fingerprint density at radius 2 is 1.93 bits per heavy atom. The molecule has 1 aromatic carbocycles. The van der Waals surface area contributed by atoms with Gasteiger partial charge in [-0.25, -0.2) is 0 Å². The van der Waals surface area contributed by atoms with Gasteiger partial charge in [0.1, 0.15) is 6.29 Å². The summed E-state index contributed by atoms with van der Waals surface area (Å²) in [5.41, 5.74) is 0. The molecule has 0 spiro atoms. The minimum absolute atomic E-state index is 0.0985. The van der Waals surface area contributed by atoms with E-state index in [9.17, 15) is 14.9 Å². The Labute approximate surface area is 93.0 Å². The molecule has 0 saturated carbocycles. The Hall–Kier alpha value is -1.42. The SMILES string of the molecule is Clc1ccccc1.O=CCCC[N+](=O)[O-]. The molecule has 0 atom stereocenters. The molecule has 1 aromatic rings. The zero-order chi connectivity index (χ0) is 11.5. The van der Waals surface area contributed by atoms with E-state index in [-0.39, 0.29) is 6.54 Å². The highest BCUT2D eigenvalue weighted by molar-refractivity contribution is 6.30. The zero-order valence-corrected chi connectivity index (χ0v) is 8.89. The highest BCUT2D eigenvalue weighted by Gasteiger charge is 1.92. The molecule has 0 fully saturated rings. The summed E-state index contributed by atoms with van der Waals surface area (Å²) in [7, 11) is 0. The van der Waals surface area contributed by atoms with E-state index < -0.39 is 4.92 Å². The van der Waals surface area contributed by atoms with Gasteiger partial charge in [-0.15, -0.1) is 0 Å². The molecular weight excluding hydrogens is 218 g/mol. The molecule has 0 saturated heterocycles. The Bertz CT molecular complexity index is 290. The molecular formula is C10H12ClNO3. The van der Waals surface area contributed by atoms with Crippen LogP contribution in [0.1, 0.15) is 12.8 Å². The van der Waals surface area contributed by atoms with Crippen molar-refractivity contribution in [3.05, 3.63) is 45.5 Å². The number of unbranched alkanes of at least 4 members (excludes halogenated alkanes) is 1. The fourth-order valence-corrected chi connectivity index (χ4v) is 0.864. The first-order valence-corrected chi connectivity index (χ1v) is 4.80. The minimum atomic E-state index is -0.427. The van der Waals surface area contributed by atoms with Crippen molar-refractivity contribution in [3.63, 3.8) is 0 Å². The Kier molecular flexibility index (Phi) is 8.28. The van der Waals surface area contributed by atoms with Crippen LogP contribution in [0.15, 0.2) is 30.3 Å². The number of nitro groups is 1. The molecule has 0 unspecified atom stereocenters. The Morgan fingerprint density at radius 3 is 2.27 bits per heavy atom. The monoisotopic (exact) mass is 229 g/mol. The number of aldehydes is 1. The van der Waals surface area contributed by atoms with Crippen LogP contribution in [0.2, 0.25) is 5.02 Å². The van der Waals surface area contributed by atoms with Crippen LogP contribution in [0.3, 0.4) is 0 Å². The predicted molar refractivity (Wildman–Crippen MR) is 58.6 cm³/mol. The Morgan fingerprint density at radius 1 is 1.33 bits per heavy atom. The summed E-state index contributed by atoms with van der Waals surface area (Å²) in [5, 5.41) is 10.4. The van der Waals surface area contributed by atoms with Crippen molar-refractivity contribution >= 4 is 17.9 Å². The fourth-order valence-electron chi connectivity index (χ4n) is 0.718. The molecule has 0 aliphatic heterocycles. The van der Waals surface area contributed by atoms with Crippen LogP contribution < -0.4 is 0 Å². The van der Waals surface area contributed by atoms with Crippen LogP contribution in [-0.2, 0) is 4.79 Å². The number of carbonyl (C=O) groups is 1. The van der Waals surface area contributed by atoms with E-state index in [1.54, 1.807) is 0 Å². The molecule has 0 amide bonds. The maximum Gasteiger partial charge on any atom is 0.204 e. The number of rotatable bonds is 4. The molecule has 0 radical (unpaired) electrons. The summed E-state index contributed by atoms with van der Waals surface area (Å²) < 4.78 is 0. The smallest absolute Gasteiger partial charge is 0.204 e. The van der Waals surface area contributed by atoms with Gasteiger partial charge < -0.3 is 4.79 Å². The lowest BCUT2D eigenvalue weighted by atomic mass is 10.3. The van der Waals surface area contributed by atoms with Crippen molar-refractivity contribution < 1.29 is 9.72 Å². The van der Waals surface area contributed by atoms with Crippen LogP contribution in [0.25, 0.3) is 0 Å². The van der Waals surface area contributed by atoms with Gasteiger partial charge in [-0.2, -0.15) is 0 Å². The van der Waals surface area contributed by atoms with Crippen LogP contribution >= 0.6 is 11.6 Å². The van der Waals surface area contributed by atoms with Crippen molar-refractivity contribution in [2.75, 3.05) is 6.54 Å². The lowest BCUT2D eigenvalue weighted by molar-refractivity contribution is -0.480. The van der Waals surface area contributed by atoms with Crippen LogP contribution in [-0.4, -0.2) is 17.8 Å². The second kappa shape index (κ2) is 9.15. The number of halogens is 1. The van der Waals surface area contributed by atoms with Crippen molar-refractivity contribution in [1.82, 2.24) is 0 Å². The highest BCUT2D eigenvalue weighted by Crippen LogP contribution is 2.03. The maximum atomic E-state index is 9.56. The van der Waals surface area contributed by atoms with E-state index in [0.29, 0.717) is 19.1 Å². The summed E-state index contributed by atoms with van der Waals surface area (Å²) in [5.74, 6) is 0. The summed E-state index contributed by atoms with van der Waals surface area (Å²) in [6.07, 6.45) is 1.33. The lowest BCUT2D eigenvalue weighted by Gasteiger charge is -1.84. The van der Waals surface area contributed by atoms with E-state index in [2.05, 4.69) is 0 Å². The number of hydrogen-bond donors (Lipinski definition) is 0.